The highest BCUT2D eigenvalue weighted by molar-refractivity contribution is 5.17. The van der Waals surface area contributed by atoms with E-state index in [0.29, 0.717) is 12.0 Å². The highest BCUT2D eigenvalue weighted by atomic mass is 19.1. The topological polar surface area (TPSA) is 15.3 Å². The van der Waals surface area contributed by atoms with E-state index in [4.69, 9.17) is 0 Å². The van der Waals surface area contributed by atoms with Crippen molar-refractivity contribution >= 4 is 0 Å². The van der Waals surface area contributed by atoms with Crippen LogP contribution in [0.1, 0.15) is 25.8 Å². The molecule has 0 aromatic heterocycles. The van der Waals surface area contributed by atoms with Crippen molar-refractivity contribution in [2.24, 2.45) is 5.92 Å². The molecular weight excluding hydrogens is 239 g/mol. The van der Waals surface area contributed by atoms with Gasteiger partial charge in [-0.15, -0.1) is 0 Å². The molecule has 1 saturated heterocycles. The van der Waals surface area contributed by atoms with Crippen LogP contribution in [0.25, 0.3) is 0 Å². The van der Waals surface area contributed by atoms with Gasteiger partial charge in [0.15, 0.2) is 0 Å². The van der Waals surface area contributed by atoms with Crippen molar-refractivity contribution in [1.82, 2.24) is 10.2 Å². The average Bonchev–Trinajstić information content (AvgIpc) is 2.39. The van der Waals surface area contributed by atoms with Crippen molar-refractivity contribution in [3.63, 3.8) is 0 Å². The zero-order valence-electron chi connectivity index (χ0n) is 12.0. The molecule has 1 fully saturated rings. The summed E-state index contributed by atoms with van der Waals surface area (Å²) in [7, 11) is 0. The van der Waals surface area contributed by atoms with E-state index in [0.717, 1.165) is 38.2 Å². The Hall–Kier alpha value is -0.930. The summed E-state index contributed by atoms with van der Waals surface area (Å²) in [5.41, 5.74) is 0.836. The molecule has 1 aliphatic rings. The van der Waals surface area contributed by atoms with Crippen LogP contribution in [0.4, 0.5) is 4.39 Å². The first kappa shape index (κ1) is 14.5. The predicted octanol–water partition coefficient (Wildman–Crippen LogP) is 2.69. The van der Waals surface area contributed by atoms with Gasteiger partial charge in [0.2, 0.25) is 0 Å². The Balaban J connectivity index is 1.88. The molecule has 0 bridgehead atoms. The minimum Gasteiger partial charge on any atom is -0.314 e. The summed E-state index contributed by atoms with van der Waals surface area (Å²) in [5.74, 6) is 0.584. The van der Waals surface area contributed by atoms with Gasteiger partial charge >= 0.3 is 0 Å². The minimum absolute atomic E-state index is 0.0716. The van der Waals surface area contributed by atoms with E-state index in [2.05, 4.69) is 24.1 Å². The lowest BCUT2D eigenvalue weighted by Gasteiger charge is -2.31. The van der Waals surface area contributed by atoms with Gasteiger partial charge in [-0.1, -0.05) is 25.1 Å². The maximum Gasteiger partial charge on any atom is 0.126 e. The first-order valence-electron chi connectivity index (χ1n) is 7.34. The quantitative estimate of drug-likeness (QED) is 0.903. The number of halogens is 1. The molecule has 106 valence electrons. The van der Waals surface area contributed by atoms with E-state index < -0.39 is 0 Å². The van der Waals surface area contributed by atoms with E-state index in [-0.39, 0.29) is 5.82 Å². The van der Waals surface area contributed by atoms with Crippen LogP contribution >= 0.6 is 0 Å². The van der Waals surface area contributed by atoms with Gasteiger partial charge in [0.05, 0.1) is 0 Å². The lowest BCUT2D eigenvalue weighted by molar-refractivity contribution is 0.203. The molecule has 1 heterocycles. The lowest BCUT2D eigenvalue weighted by Crippen LogP contribution is -2.43. The Morgan fingerprint density at radius 3 is 2.89 bits per heavy atom. The third kappa shape index (κ3) is 4.59. The number of nitrogens with one attached hydrogen (secondary N) is 1. The monoisotopic (exact) mass is 264 g/mol. The van der Waals surface area contributed by atoms with Crippen molar-refractivity contribution < 1.29 is 4.39 Å². The number of hydrogen-bond acceptors (Lipinski definition) is 2. The molecule has 0 amide bonds. The van der Waals surface area contributed by atoms with Crippen molar-refractivity contribution in [1.29, 1.82) is 0 Å². The largest absolute Gasteiger partial charge is 0.314 e. The van der Waals surface area contributed by atoms with Gasteiger partial charge in [0.25, 0.3) is 0 Å². The molecule has 2 rings (SSSR count). The van der Waals surface area contributed by atoms with Gasteiger partial charge in [-0.05, 0) is 50.4 Å². The summed E-state index contributed by atoms with van der Waals surface area (Å²) in [6, 6.07) is 7.70. The van der Waals surface area contributed by atoms with Crippen LogP contribution in [0.15, 0.2) is 24.3 Å². The molecule has 3 heteroatoms. The van der Waals surface area contributed by atoms with E-state index in [1.165, 1.54) is 6.42 Å². The second-order valence-electron chi connectivity index (χ2n) is 5.85. The third-order valence-corrected chi connectivity index (χ3v) is 3.92. The van der Waals surface area contributed by atoms with Crippen molar-refractivity contribution in [2.75, 3.05) is 26.2 Å². The number of rotatable bonds is 3. The fraction of sp³-hybridized carbons (Fsp3) is 0.625. The van der Waals surface area contributed by atoms with E-state index in [1.54, 1.807) is 12.1 Å². The predicted molar refractivity (Wildman–Crippen MR) is 77.8 cm³/mol. The molecular formula is C16H25FN2. The Bertz CT molecular complexity index is 394. The highest BCUT2D eigenvalue weighted by Crippen LogP contribution is 2.11. The van der Waals surface area contributed by atoms with Crippen LogP contribution in [-0.4, -0.2) is 37.1 Å². The standard InChI is InChI=1S/C16H25FN2/c1-13-11-18-14(2)7-9-19(12-13)10-8-15-5-3-4-6-16(15)17/h3-6,13-14,18H,7-12H2,1-2H3. The third-order valence-electron chi connectivity index (χ3n) is 3.92. The fourth-order valence-corrected chi connectivity index (χ4v) is 2.66. The Kier molecular flexibility index (Phi) is 5.34. The van der Waals surface area contributed by atoms with Crippen LogP contribution in [-0.2, 0) is 6.42 Å². The van der Waals surface area contributed by atoms with E-state index in [9.17, 15) is 4.39 Å². The van der Waals surface area contributed by atoms with Crippen molar-refractivity contribution in [3.05, 3.63) is 35.6 Å². The smallest absolute Gasteiger partial charge is 0.126 e. The van der Waals surface area contributed by atoms with Gasteiger partial charge in [0, 0.05) is 19.1 Å². The summed E-state index contributed by atoms with van der Waals surface area (Å²) >= 11 is 0. The molecule has 19 heavy (non-hydrogen) atoms. The molecule has 1 aliphatic heterocycles. The van der Waals surface area contributed by atoms with Crippen LogP contribution in [0.5, 0.6) is 0 Å². The van der Waals surface area contributed by atoms with Crippen LogP contribution < -0.4 is 5.32 Å². The number of hydrogen-bond donors (Lipinski definition) is 1. The Labute approximate surface area is 116 Å². The minimum atomic E-state index is -0.0716. The van der Waals surface area contributed by atoms with Crippen LogP contribution in [0.2, 0.25) is 0 Å². The molecule has 1 aromatic rings. The van der Waals surface area contributed by atoms with Crippen LogP contribution in [0, 0.1) is 11.7 Å². The van der Waals surface area contributed by atoms with E-state index in [1.807, 2.05) is 12.1 Å². The van der Waals surface area contributed by atoms with Gasteiger partial charge in [-0.25, -0.2) is 4.39 Å². The van der Waals surface area contributed by atoms with Crippen molar-refractivity contribution in [3.8, 4) is 0 Å². The van der Waals surface area contributed by atoms with Crippen molar-refractivity contribution in [2.45, 2.75) is 32.7 Å². The first-order chi connectivity index (χ1) is 9.15. The molecule has 0 radical (unpaired) electrons. The molecule has 0 aliphatic carbocycles. The fourth-order valence-electron chi connectivity index (χ4n) is 2.66. The maximum atomic E-state index is 13.6. The number of nitrogens with zero attached hydrogens (tertiary/aromatic N) is 1. The lowest BCUT2D eigenvalue weighted by atomic mass is 10.1. The normalized spacial score (nSPS) is 25.8. The zero-order chi connectivity index (χ0) is 13.7. The summed E-state index contributed by atoms with van der Waals surface area (Å²) < 4.78 is 13.6. The molecule has 1 N–H and O–H groups in total. The van der Waals surface area contributed by atoms with Crippen LogP contribution in [0.3, 0.4) is 0 Å². The molecule has 2 unspecified atom stereocenters. The Morgan fingerprint density at radius 1 is 1.32 bits per heavy atom. The SMILES string of the molecule is CC1CNC(C)CCN(CCc2ccccc2F)C1. The van der Waals surface area contributed by atoms with Gasteiger partial charge in [0.1, 0.15) is 5.82 Å². The second kappa shape index (κ2) is 7.01. The highest BCUT2D eigenvalue weighted by Gasteiger charge is 2.16. The van der Waals surface area contributed by atoms with E-state index >= 15 is 0 Å². The summed E-state index contributed by atoms with van der Waals surface area (Å²) in [5, 5.41) is 3.55. The molecule has 0 saturated carbocycles. The average molecular weight is 264 g/mol. The van der Waals surface area contributed by atoms with Gasteiger partial charge in [-0.2, -0.15) is 0 Å². The van der Waals surface area contributed by atoms with Gasteiger partial charge in [-0.3, -0.25) is 0 Å². The number of benzene rings is 1. The van der Waals surface area contributed by atoms with Gasteiger partial charge < -0.3 is 10.2 Å². The molecule has 2 atom stereocenters. The molecule has 2 nitrogen and oxygen atoms in total. The summed E-state index contributed by atoms with van der Waals surface area (Å²) in [6.45, 7) is 8.77. The Morgan fingerprint density at radius 2 is 2.11 bits per heavy atom. The summed E-state index contributed by atoms with van der Waals surface area (Å²) in [6.07, 6.45) is 1.98. The first-order valence-corrected chi connectivity index (χ1v) is 7.34. The molecule has 0 spiro atoms. The molecule has 1 aromatic carbocycles. The second-order valence-corrected chi connectivity index (χ2v) is 5.85. The maximum absolute atomic E-state index is 13.6. The summed E-state index contributed by atoms with van der Waals surface area (Å²) in [4.78, 5) is 2.48. The zero-order valence-corrected chi connectivity index (χ0v) is 12.0.